The largest absolute Gasteiger partial charge is 0.316 e. The average molecular weight is 336 g/mol. The van der Waals surface area contributed by atoms with Gasteiger partial charge in [-0.1, -0.05) is 69.3 Å². The highest BCUT2D eigenvalue weighted by Gasteiger charge is 2.08. The van der Waals surface area contributed by atoms with Crippen molar-refractivity contribution in [2.24, 2.45) is 0 Å². The van der Waals surface area contributed by atoms with E-state index in [9.17, 15) is 0 Å². The number of nitrogens with one attached hydrogen (secondary N) is 1. The number of fused-ring (bicyclic) bond motifs is 3. The Morgan fingerprint density at radius 1 is 0.800 bits per heavy atom. The molecule has 0 atom stereocenters. The number of hydrogen-bond donors (Lipinski definition) is 1. The summed E-state index contributed by atoms with van der Waals surface area (Å²) >= 11 is 0. The Hall–Kier alpha value is -2.38. The summed E-state index contributed by atoms with van der Waals surface area (Å²) in [6.07, 6.45) is 1.08. The van der Waals surface area contributed by atoms with Crippen LogP contribution in [-0.4, -0.2) is 7.05 Å². The van der Waals surface area contributed by atoms with Crippen molar-refractivity contribution in [2.45, 2.75) is 33.7 Å². The normalized spacial score (nSPS) is 9.12. The van der Waals surface area contributed by atoms with Crippen molar-refractivity contribution in [1.29, 1.82) is 0 Å². The smallest absolute Gasteiger partial charge is 0.0211 e. The molecule has 0 aliphatic rings. The van der Waals surface area contributed by atoms with E-state index < -0.39 is 0 Å². The Morgan fingerprint density at radius 3 is 1.96 bits per heavy atom. The molecule has 3 rings (SSSR count). The molecule has 25 heavy (non-hydrogen) atoms. The molecule has 0 amide bonds. The third-order valence-corrected chi connectivity index (χ3v) is 3.85. The fourth-order valence-electron chi connectivity index (χ4n) is 2.93. The zero-order chi connectivity index (χ0) is 19.2. The number of benzene rings is 3. The molecule has 0 heterocycles. The maximum Gasteiger partial charge on any atom is 0.0211 e. The number of hydrogen-bond acceptors (Lipinski definition) is 1. The topological polar surface area (TPSA) is 12.0 Å². The van der Waals surface area contributed by atoms with Crippen LogP contribution in [0.2, 0.25) is 0 Å². The van der Waals surface area contributed by atoms with Gasteiger partial charge in [-0.15, -0.1) is 26.3 Å². The molecular weight excluding hydrogens is 302 g/mol. The van der Waals surface area contributed by atoms with Crippen LogP contribution < -0.4 is 5.32 Å². The van der Waals surface area contributed by atoms with E-state index in [1.807, 2.05) is 20.9 Å². The van der Waals surface area contributed by atoms with E-state index in [0.29, 0.717) is 0 Å². The van der Waals surface area contributed by atoms with Crippen molar-refractivity contribution in [1.82, 2.24) is 5.32 Å². The maximum atomic E-state index is 3.32. The first-order valence-corrected chi connectivity index (χ1v) is 8.92. The van der Waals surface area contributed by atoms with Gasteiger partial charge in [0, 0.05) is 6.54 Å². The lowest BCUT2D eigenvalue weighted by Gasteiger charge is -2.14. The van der Waals surface area contributed by atoms with Crippen molar-refractivity contribution >= 4 is 21.5 Å². The Morgan fingerprint density at radius 2 is 1.36 bits per heavy atom. The first kappa shape index (κ1) is 22.6. The molecule has 0 aliphatic heterocycles. The van der Waals surface area contributed by atoms with Gasteiger partial charge in [0.1, 0.15) is 0 Å². The van der Waals surface area contributed by atoms with Crippen LogP contribution in [0.5, 0.6) is 0 Å². The van der Waals surface area contributed by atoms with Crippen molar-refractivity contribution in [3.63, 3.8) is 0 Å². The van der Waals surface area contributed by atoms with E-state index in [4.69, 9.17) is 0 Å². The van der Waals surface area contributed by atoms with Gasteiger partial charge in [-0.2, -0.15) is 0 Å². The van der Waals surface area contributed by atoms with Gasteiger partial charge >= 0.3 is 0 Å². The molecule has 134 valence electrons. The van der Waals surface area contributed by atoms with E-state index in [0.717, 1.165) is 13.0 Å². The monoisotopic (exact) mass is 335 g/mol. The molecule has 1 N–H and O–H groups in total. The van der Waals surface area contributed by atoms with Gasteiger partial charge in [0.25, 0.3) is 0 Å². The summed E-state index contributed by atoms with van der Waals surface area (Å²) in [4.78, 5) is 0. The van der Waals surface area contributed by atoms with Crippen molar-refractivity contribution in [3.8, 4) is 0 Å². The molecule has 3 aromatic rings. The summed E-state index contributed by atoms with van der Waals surface area (Å²) in [5.74, 6) is 0. The zero-order valence-corrected chi connectivity index (χ0v) is 16.4. The third kappa shape index (κ3) is 5.30. The van der Waals surface area contributed by atoms with Gasteiger partial charge in [-0.25, -0.2) is 0 Å². The molecule has 0 saturated heterocycles. The quantitative estimate of drug-likeness (QED) is 0.405. The SMILES string of the molecule is C=C.C=C.CC.CCc1ccc2ccc3ccccc3c2c1CNC. The van der Waals surface area contributed by atoms with Crippen LogP contribution in [0.25, 0.3) is 21.5 Å². The summed E-state index contributed by atoms with van der Waals surface area (Å²) < 4.78 is 0. The molecule has 1 heteroatoms. The van der Waals surface area contributed by atoms with Crippen LogP contribution in [0.3, 0.4) is 0 Å². The molecule has 0 spiro atoms. The lowest BCUT2D eigenvalue weighted by atomic mass is 9.93. The highest BCUT2D eigenvalue weighted by molar-refractivity contribution is 6.09. The zero-order valence-electron chi connectivity index (χ0n) is 16.4. The van der Waals surface area contributed by atoms with Gasteiger partial charge in [0.05, 0.1) is 0 Å². The summed E-state index contributed by atoms with van der Waals surface area (Å²) in [6.45, 7) is 19.2. The van der Waals surface area contributed by atoms with E-state index >= 15 is 0 Å². The Labute approximate surface area is 154 Å². The summed E-state index contributed by atoms with van der Waals surface area (Å²) in [7, 11) is 2.02. The molecule has 0 bridgehead atoms. The summed E-state index contributed by atoms with van der Waals surface area (Å²) in [5.41, 5.74) is 2.89. The Balaban J connectivity index is 0.000000871. The minimum absolute atomic E-state index is 0.925. The molecule has 0 aromatic heterocycles. The molecule has 1 nitrogen and oxygen atoms in total. The lowest BCUT2D eigenvalue weighted by molar-refractivity contribution is 0.812. The molecule has 0 unspecified atom stereocenters. The summed E-state index contributed by atoms with van der Waals surface area (Å²) in [6, 6.07) is 17.6. The molecule has 0 fully saturated rings. The van der Waals surface area contributed by atoms with Crippen LogP contribution in [0.4, 0.5) is 0 Å². The second-order valence-electron chi connectivity index (χ2n) is 4.97. The molecule has 3 aromatic carbocycles. The predicted molar refractivity (Wildman–Crippen MR) is 117 cm³/mol. The third-order valence-electron chi connectivity index (χ3n) is 3.85. The highest BCUT2D eigenvalue weighted by atomic mass is 14.8. The van der Waals surface area contributed by atoms with E-state index in [2.05, 4.69) is 87.1 Å². The minimum Gasteiger partial charge on any atom is -0.316 e. The van der Waals surface area contributed by atoms with Crippen molar-refractivity contribution in [2.75, 3.05) is 7.05 Å². The van der Waals surface area contributed by atoms with Gasteiger partial charge < -0.3 is 5.32 Å². The Kier molecular flexibility index (Phi) is 11.7. The average Bonchev–Trinajstić information content (AvgIpc) is 2.72. The number of aryl methyl sites for hydroxylation is 1. The minimum atomic E-state index is 0.925. The second-order valence-corrected chi connectivity index (χ2v) is 4.97. The van der Waals surface area contributed by atoms with Crippen LogP contribution in [0.15, 0.2) is 74.8 Å². The standard InChI is InChI=1S/C18H19N.C2H6.2C2H4/c1-3-13-8-10-15-11-9-14-6-4-5-7-16(14)18(15)17(13)12-19-2;3*1-2/h4-11,19H,3,12H2,1-2H3;1-2H3;2*1-2H2. The fraction of sp³-hybridized carbons (Fsp3) is 0.250. The van der Waals surface area contributed by atoms with Crippen LogP contribution >= 0.6 is 0 Å². The fourth-order valence-corrected chi connectivity index (χ4v) is 2.93. The van der Waals surface area contributed by atoms with Gasteiger partial charge in [0.15, 0.2) is 0 Å². The van der Waals surface area contributed by atoms with Gasteiger partial charge in [-0.3, -0.25) is 0 Å². The van der Waals surface area contributed by atoms with Crippen LogP contribution in [0.1, 0.15) is 31.9 Å². The second kappa shape index (κ2) is 13.0. The molecular formula is C24H33N. The predicted octanol–water partition coefficient (Wildman–Crippen LogP) is 6.91. The van der Waals surface area contributed by atoms with Crippen molar-refractivity contribution < 1.29 is 0 Å². The molecule has 0 radical (unpaired) electrons. The summed E-state index contributed by atoms with van der Waals surface area (Å²) in [5, 5.41) is 8.74. The van der Waals surface area contributed by atoms with E-state index in [1.54, 1.807) is 0 Å². The van der Waals surface area contributed by atoms with Crippen LogP contribution in [-0.2, 0) is 13.0 Å². The lowest BCUT2D eigenvalue weighted by Crippen LogP contribution is -2.08. The highest BCUT2D eigenvalue weighted by Crippen LogP contribution is 2.30. The number of rotatable bonds is 3. The Bertz CT molecular complexity index is 756. The van der Waals surface area contributed by atoms with Crippen LogP contribution in [0, 0.1) is 0 Å². The van der Waals surface area contributed by atoms with Crippen molar-refractivity contribution in [3.05, 3.63) is 86.0 Å². The maximum absolute atomic E-state index is 3.32. The first-order valence-electron chi connectivity index (χ1n) is 8.92. The van der Waals surface area contributed by atoms with E-state index in [1.165, 1.54) is 32.7 Å². The van der Waals surface area contributed by atoms with E-state index in [-0.39, 0.29) is 0 Å². The first-order chi connectivity index (χ1) is 12.3. The molecule has 0 aliphatic carbocycles. The van der Waals surface area contributed by atoms with Gasteiger partial charge in [-0.05, 0) is 46.1 Å². The van der Waals surface area contributed by atoms with Gasteiger partial charge in [0.2, 0.25) is 0 Å². The molecule has 0 saturated carbocycles.